The molecule has 1 aromatic rings. The number of carbonyl (C=O) groups excluding carboxylic acids is 2. The van der Waals surface area contributed by atoms with Crippen LogP contribution in [-0.2, 0) is 16.1 Å². The van der Waals surface area contributed by atoms with Gasteiger partial charge in [-0.2, -0.15) is 0 Å². The first-order valence-electron chi connectivity index (χ1n) is 7.43. The van der Waals surface area contributed by atoms with Crippen molar-refractivity contribution in [3.8, 4) is 0 Å². The topological polar surface area (TPSA) is 40.6 Å². The Morgan fingerprint density at radius 1 is 1.14 bits per heavy atom. The average Bonchev–Trinajstić information content (AvgIpc) is 2.43. The minimum absolute atomic E-state index is 0.0298. The smallest absolute Gasteiger partial charge is 0.224 e. The van der Waals surface area contributed by atoms with Gasteiger partial charge in [-0.05, 0) is 11.5 Å². The fourth-order valence-electron chi connectivity index (χ4n) is 2.18. The van der Waals surface area contributed by atoms with E-state index >= 15 is 0 Å². The van der Waals surface area contributed by atoms with Crippen LogP contribution in [0.2, 0.25) is 0 Å². The second-order valence-corrected chi connectivity index (χ2v) is 5.84. The first kappa shape index (κ1) is 17.2. The molecule has 0 N–H and O–H groups in total. The zero-order chi connectivity index (χ0) is 15.8. The summed E-state index contributed by atoms with van der Waals surface area (Å²) in [5.74, 6) is 0.502. The fourth-order valence-corrected chi connectivity index (χ4v) is 2.18. The largest absolute Gasteiger partial charge is 0.342 e. The van der Waals surface area contributed by atoms with E-state index in [-0.39, 0.29) is 11.8 Å². The van der Waals surface area contributed by atoms with Crippen molar-refractivity contribution in [2.45, 2.75) is 33.7 Å². The third-order valence-corrected chi connectivity index (χ3v) is 3.31. The van der Waals surface area contributed by atoms with Gasteiger partial charge in [0.2, 0.25) is 11.8 Å². The lowest BCUT2D eigenvalue weighted by Gasteiger charge is -2.24. The number of rotatable bonds is 7. The standard InChI is InChI=1S/C17H26N2O2/c1-14(2)12-19(15(3)20)11-10-17(21)18(4)13-16-8-6-5-7-9-16/h5-9,14H,10-13H2,1-4H3. The molecule has 0 aliphatic heterocycles. The van der Waals surface area contributed by atoms with E-state index in [2.05, 4.69) is 13.8 Å². The van der Waals surface area contributed by atoms with Gasteiger partial charge < -0.3 is 9.80 Å². The molecule has 21 heavy (non-hydrogen) atoms. The van der Waals surface area contributed by atoms with Crippen LogP contribution in [0.15, 0.2) is 30.3 Å². The Kier molecular flexibility index (Phi) is 6.92. The van der Waals surface area contributed by atoms with Crippen LogP contribution in [-0.4, -0.2) is 41.8 Å². The number of hydrogen-bond donors (Lipinski definition) is 0. The molecule has 0 aliphatic carbocycles. The molecular formula is C17H26N2O2. The molecule has 116 valence electrons. The molecule has 0 saturated heterocycles. The third kappa shape index (κ3) is 6.43. The average molecular weight is 290 g/mol. The molecule has 0 spiro atoms. The van der Waals surface area contributed by atoms with E-state index in [0.717, 1.165) is 5.56 Å². The molecule has 0 bridgehead atoms. The summed E-state index contributed by atoms with van der Waals surface area (Å²) < 4.78 is 0. The molecule has 0 saturated carbocycles. The third-order valence-electron chi connectivity index (χ3n) is 3.31. The zero-order valence-electron chi connectivity index (χ0n) is 13.5. The highest BCUT2D eigenvalue weighted by atomic mass is 16.2. The molecule has 0 heterocycles. The van der Waals surface area contributed by atoms with E-state index in [9.17, 15) is 9.59 Å². The zero-order valence-corrected chi connectivity index (χ0v) is 13.5. The molecule has 0 radical (unpaired) electrons. The SMILES string of the molecule is CC(=O)N(CCC(=O)N(C)Cc1ccccc1)CC(C)C. The van der Waals surface area contributed by atoms with E-state index in [1.54, 1.807) is 23.8 Å². The number of carbonyl (C=O) groups is 2. The molecule has 4 heteroatoms. The predicted molar refractivity (Wildman–Crippen MR) is 84.6 cm³/mol. The summed E-state index contributed by atoms with van der Waals surface area (Å²) in [6, 6.07) is 9.90. The normalized spacial score (nSPS) is 10.5. The number of nitrogens with zero attached hydrogens (tertiary/aromatic N) is 2. The van der Waals surface area contributed by atoms with Crippen molar-refractivity contribution in [1.29, 1.82) is 0 Å². The van der Waals surface area contributed by atoms with Crippen LogP contribution in [0.4, 0.5) is 0 Å². The molecule has 0 aromatic heterocycles. The van der Waals surface area contributed by atoms with Gasteiger partial charge in [0.25, 0.3) is 0 Å². The van der Waals surface area contributed by atoms with E-state index in [1.165, 1.54) is 0 Å². The fraction of sp³-hybridized carbons (Fsp3) is 0.529. The van der Waals surface area contributed by atoms with Crippen LogP contribution >= 0.6 is 0 Å². The summed E-state index contributed by atoms with van der Waals surface area (Å²) in [5.41, 5.74) is 1.11. The molecule has 4 nitrogen and oxygen atoms in total. The summed E-state index contributed by atoms with van der Waals surface area (Å²) >= 11 is 0. The van der Waals surface area contributed by atoms with Crippen molar-refractivity contribution < 1.29 is 9.59 Å². The van der Waals surface area contributed by atoms with E-state index in [4.69, 9.17) is 0 Å². The van der Waals surface area contributed by atoms with Crippen LogP contribution in [0.1, 0.15) is 32.8 Å². The highest BCUT2D eigenvalue weighted by molar-refractivity contribution is 5.78. The van der Waals surface area contributed by atoms with Crippen molar-refractivity contribution in [3.63, 3.8) is 0 Å². The van der Waals surface area contributed by atoms with Gasteiger partial charge in [-0.1, -0.05) is 44.2 Å². The van der Waals surface area contributed by atoms with Gasteiger partial charge in [-0.25, -0.2) is 0 Å². The Balaban J connectivity index is 2.46. The summed E-state index contributed by atoms with van der Waals surface area (Å²) in [6.45, 7) is 7.49. The highest BCUT2D eigenvalue weighted by Gasteiger charge is 2.15. The Bertz CT molecular complexity index is 457. The Morgan fingerprint density at radius 2 is 1.76 bits per heavy atom. The van der Waals surface area contributed by atoms with E-state index in [0.29, 0.717) is 32.0 Å². The first-order valence-corrected chi connectivity index (χ1v) is 7.43. The minimum Gasteiger partial charge on any atom is -0.342 e. The Labute approximate surface area is 127 Å². The van der Waals surface area contributed by atoms with Crippen molar-refractivity contribution in [1.82, 2.24) is 9.80 Å². The maximum atomic E-state index is 12.1. The van der Waals surface area contributed by atoms with Crippen LogP contribution < -0.4 is 0 Å². The van der Waals surface area contributed by atoms with Crippen molar-refractivity contribution in [2.75, 3.05) is 20.1 Å². The lowest BCUT2D eigenvalue weighted by molar-refractivity contribution is -0.133. The first-order chi connectivity index (χ1) is 9.90. The van der Waals surface area contributed by atoms with Crippen molar-refractivity contribution >= 4 is 11.8 Å². The number of benzene rings is 1. The van der Waals surface area contributed by atoms with Crippen LogP contribution in [0.5, 0.6) is 0 Å². The molecule has 1 rings (SSSR count). The van der Waals surface area contributed by atoms with Crippen LogP contribution in [0.25, 0.3) is 0 Å². The van der Waals surface area contributed by atoms with E-state index < -0.39 is 0 Å². The summed E-state index contributed by atoms with van der Waals surface area (Å²) in [5, 5.41) is 0. The Hall–Kier alpha value is -1.84. The van der Waals surface area contributed by atoms with Gasteiger partial charge in [-0.15, -0.1) is 0 Å². The minimum atomic E-state index is 0.0298. The van der Waals surface area contributed by atoms with Crippen molar-refractivity contribution in [2.24, 2.45) is 5.92 Å². The lowest BCUT2D eigenvalue weighted by Crippen LogP contribution is -2.36. The molecule has 0 atom stereocenters. The molecular weight excluding hydrogens is 264 g/mol. The van der Waals surface area contributed by atoms with Crippen molar-refractivity contribution in [3.05, 3.63) is 35.9 Å². The number of hydrogen-bond acceptors (Lipinski definition) is 2. The Morgan fingerprint density at radius 3 is 2.29 bits per heavy atom. The molecule has 0 fully saturated rings. The van der Waals surface area contributed by atoms with Gasteiger partial charge in [0.05, 0.1) is 0 Å². The molecule has 0 aliphatic rings. The highest BCUT2D eigenvalue weighted by Crippen LogP contribution is 2.06. The molecule has 2 amide bonds. The summed E-state index contributed by atoms with van der Waals surface area (Å²) in [6.07, 6.45) is 0.371. The van der Waals surface area contributed by atoms with Gasteiger partial charge in [0.1, 0.15) is 0 Å². The van der Waals surface area contributed by atoms with Gasteiger partial charge in [-0.3, -0.25) is 9.59 Å². The summed E-state index contributed by atoms with van der Waals surface area (Å²) in [7, 11) is 1.80. The predicted octanol–water partition coefficient (Wildman–Crippen LogP) is 2.54. The molecule has 1 aromatic carbocycles. The summed E-state index contributed by atoms with van der Waals surface area (Å²) in [4.78, 5) is 27.2. The van der Waals surface area contributed by atoms with E-state index in [1.807, 2.05) is 30.3 Å². The monoisotopic (exact) mass is 290 g/mol. The van der Waals surface area contributed by atoms with Gasteiger partial charge >= 0.3 is 0 Å². The van der Waals surface area contributed by atoms with Gasteiger partial charge in [0.15, 0.2) is 0 Å². The van der Waals surface area contributed by atoms with Crippen LogP contribution in [0.3, 0.4) is 0 Å². The molecule has 0 unspecified atom stereocenters. The lowest BCUT2D eigenvalue weighted by atomic mass is 10.2. The second kappa shape index (κ2) is 8.45. The maximum Gasteiger partial charge on any atom is 0.224 e. The quantitative estimate of drug-likeness (QED) is 0.774. The van der Waals surface area contributed by atoms with Crippen LogP contribution in [0, 0.1) is 5.92 Å². The number of amides is 2. The second-order valence-electron chi connectivity index (χ2n) is 5.84. The van der Waals surface area contributed by atoms with Gasteiger partial charge in [0, 0.05) is 40.0 Å². The maximum absolute atomic E-state index is 12.1.